The lowest BCUT2D eigenvalue weighted by atomic mass is 10.2. The van der Waals surface area contributed by atoms with E-state index in [-0.39, 0.29) is 30.4 Å². The van der Waals surface area contributed by atoms with Gasteiger partial charge < -0.3 is 15.5 Å². The number of carbonyl (C=O) groups excluding carboxylic acids is 2. The summed E-state index contributed by atoms with van der Waals surface area (Å²) >= 11 is 0. The molecule has 6 heteroatoms. The molecule has 1 fully saturated rings. The van der Waals surface area contributed by atoms with Crippen LogP contribution in [0.3, 0.4) is 0 Å². The number of piperazine rings is 1. The van der Waals surface area contributed by atoms with Crippen molar-refractivity contribution in [2.75, 3.05) is 32.7 Å². The first-order valence-electron chi connectivity index (χ1n) is 6.59. The summed E-state index contributed by atoms with van der Waals surface area (Å²) in [5, 5.41) is 8.56. The maximum absolute atomic E-state index is 11.9. The molecule has 0 aliphatic carbocycles. The number of carbonyl (C=O) groups is 2. The Morgan fingerprint density at radius 3 is 2.67 bits per heavy atom. The standard InChI is InChI=1S/C12H24N4O2/c1-4-16(5-2)8-9(3)15-12(18)10-6-14-11(17)7-13-10/h9-10,13H,4-8H2,1-3H3,(H,14,17)(H,15,18). The topological polar surface area (TPSA) is 73.5 Å². The highest BCUT2D eigenvalue weighted by atomic mass is 16.2. The van der Waals surface area contributed by atoms with Gasteiger partial charge in [0, 0.05) is 19.1 Å². The summed E-state index contributed by atoms with van der Waals surface area (Å²) in [5.74, 6) is -0.107. The summed E-state index contributed by atoms with van der Waals surface area (Å²) in [6.45, 7) is 9.59. The highest BCUT2D eigenvalue weighted by Crippen LogP contribution is 1.94. The lowest BCUT2D eigenvalue weighted by Crippen LogP contribution is -2.59. The maximum atomic E-state index is 11.9. The van der Waals surface area contributed by atoms with Crippen molar-refractivity contribution in [1.82, 2.24) is 20.9 Å². The van der Waals surface area contributed by atoms with E-state index in [9.17, 15) is 9.59 Å². The lowest BCUT2D eigenvalue weighted by molar-refractivity contribution is -0.127. The number of likely N-dealkylation sites (N-methyl/N-ethyl adjacent to an activating group) is 1. The molecule has 0 spiro atoms. The number of rotatable bonds is 6. The zero-order valence-corrected chi connectivity index (χ0v) is 11.5. The number of nitrogens with one attached hydrogen (secondary N) is 3. The second-order valence-corrected chi connectivity index (χ2v) is 4.63. The quantitative estimate of drug-likeness (QED) is 0.565. The van der Waals surface area contributed by atoms with Crippen molar-refractivity contribution < 1.29 is 9.59 Å². The molecule has 2 unspecified atom stereocenters. The van der Waals surface area contributed by atoms with Crippen LogP contribution in [0.2, 0.25) is 0 Å². The molecule has 1 heterocycles. The molecule has 2 atom stereocenters. The van der Waals surface area contributed by atoms with Gasteiger partial charge in [0.05, 0.1) is 6.54 Å². The van der Waals surface area contributed by atoms with Crippen LogP contribution in [0.15, 0.2) is 0 Å². The van der Waals surface area contributed by atoms with Crippen molar-refractivity contribution in [3.63, 3.8) is 0 Å². The van der Waals surface area contributed by atoms with Gasteiger partial charge in [0.25, 0.3) is 0 Å². The van der Waals surface area contributed by atoms with E-state index in [4.69, 9.17) is 0 Å². The van der Waals surface area contributed by atoms with E-state index in [0.717, 1.165) is 19.6 Å². The predicted octanol–water partition coefficient (Wildman–Crippen LogP) is -1.08. The van der Waals surface area contributed by atoms with E-state index in [2.05, 4.69) is 34.7 Å². The number of hydrogen-bond donors (Lipinski definition) is 3. The normalized spacial score (nSPS) is 21.6. The first-order chi connectivity index (χ1) is 8.56. The van der Waals surface area contributed by atoms with Crippen LogP contribution in [0.4, 0.5) is 0 Å². The zero-order chi connectivity index (χ0) is 13.5. The monoisotopic (exact) mass is 256 g/mol. The molecule has 3 N–H and O–H groups in total. The maximum Gasteiger partial charge on any atom is 0.239 e. The fourth-order valence-corrected chi connectivity index (χ4v) is 2.01. The summed E-state index contributed by atoms with van der Waals surface area (Å²) in [6, 6.07) is -0.210. The summed E-state index contributed by atoms with van der Waals surface area (Å²) in [4.78, 5) is 25.2. The third-order valence-electron chi connectivity index (χ3n) is 3.14. The zero-order valence-electron chi connectivity index (χ0n) is 11.5. The van der Waals surface area contributed by atoms with Crippen LogP contribution < -0.4 is 16.0 Å². The largest absolute Gasteiger partial charge is 0.353 e. The minimum absolute atomic E-state index is 0.0466. The molecule has 0 aromatic carbocycles. The third kappa shape index (κ3) is 4.62. The molecule has 0 aromatic rings. The number of hydrogen-bond acceptors (Lipinski definition) is 4. The molecule has 1 saturated heterocycles. The Kier molecular flexibility index (Phi) is 6.07. The van der Waals surface area contributed by atoms with Gasteiger partial charge in [0.15, 0.2) is 0 Å². The molecule has 18 heavy (non-hydrogen) atoms. The van der Waals surface area contributed by atoms with Gasteiger partial charge in [-0.05, 0) is 20.0 Å². The first-order valence-corrected chi connectivity index (χ1v) is 6.59. The molecule has 0 bridgehead atoms. The van der Waals surface area contributed by atoms with Crippen LogP contribution >= 0.6 is 0 Å². The van der Waals surface area contributed by atoms with Crippen molar-refractivity contribution in [1.29, 1.82) is 0 Å². The fraction of sp³-hybridized carbons (Fsp3) is 0.833. The third-order valence-corrected chi connectivity index (χ3v) is 3.14. The average Bonchev–Trinajstić information content (AvgIpc) is 2.36. The Balaban J connectivity index is 2.32. The van der Waals surface area contributed by atoms with E-state index < -0.39 is 0 Å². The van der Waals surface area contributed by atoms with Crippen molar-refractivity contribution in [2.45, 2.75) is 32.9 Å². The second-order valence-electron chi connectivity index (χ2n) is 4.63. The molecular formula is C12H24N4O2. The number of amides is 2. The molecular weight excluding hydrogens is 232 g/mol. The minimum Gasteiger partial charge on any atom is -0.353 e. The second kappa shape index (κ2) is 7.33. The smallest absolute Gasteiger partial charge is 0.239 e. The van der Waals surface area contributed by atoms with Crippen LogP contribution in [-0.4, -0.2) is 61.5 Å². The molecule has 2 amide bonds. The highest BCUT2D eigenvalue weighted by Gasteiger charge is 2.24. The van der Waals surface area contributed by atoms with E-state index in [1.807, 2.05) is 6.92 Å². The molecule has 1 aliphatic heterocycles. The van der Waals surface area contributed by atoms with Crippen LogP contribution in [-0.2, 0) is 9.59 Å². The van der Waals surface area contributed by atoms with Crippen molar-refractivity contribution in [3.8, 4) is 0 Å². The molecule has 0 radical (unpaired) electrons. The van der Waals surface area contributed by atoms with E-state index >= 15 is 0 Å². The van der Waals surface area contributed by atoms with Gasteiger partial charge in [-0.3, -0.25) is 14.9 Å². The average molecular weight is 256 g/mol. The van der Waals surface area contributed by atoms with Crippen molar-refractivity contribution in [2.24, 2.45) is 0 Å². The fourth-order valence-electron chi connectivity index (χ4n) is 2.01. The van der Waals surface area contributed by atoms with Crippen molar-refractivity contribution >= 4 is 11.8 Å². The van der Waals surface area contributed by atoms with E-state index in [1.165, 1.54) is 0 Å². The van der Waals surface area contributed by atoms with Crippen LogP contribution in [0, 0.1) is 0 Å². The molecule has 104 valence electrons. The van der Waals surface area contributed by atoms with Crippen LogP contribution in [0.25, 0.3) is 0 Å². The Morgan fingerprint density at radius 2 is 2.17 bits per heavy atom. The van der Waals surface area contributed by atoms with Crippen molar-refractivity contribution in [3.05, 3.63) is 0 Å². The summed E-state index contributed by atoms with van der Waals surface area (Å²) in [5.41, 5.74) is 0. The summed E-state index contributed by atoms with van der Waals surface area (Å²) < 4.78 is 0. The molecule has 0 saturated carbocycles. The summed E-state index contributed by atoms with van der Waals surface area (Å²) in [6.07, 6.45) is 0. The highest BCUT2D eigenvalue weighted by molar-refractivity contribution is 5.86. The van der Waals surface area contributed by atoms with Gasteiger partial charge in [0.1, 0.15) is 6.04 Å². The van der Waals surface area contributed by atoms with E-state index in [0.29, 0.717) is 6.54 Å². The van der Waals surface area contributed by atoms with Gasteiger partial charge in [0.2, 0.25) is 11.8 Å². The molecule has 1 aliphatic rings. The SMILES string of the molecule is CCN(CC)CC(C)NC(=O)C1CNC(=O)CN1. The Bertz CT molecular complexity index is 282. The minimum atomic E-state index is -0.318. The van der Waals surface area contributed by atoms with Gasteiger partial charge in [-0.25, -0.2) is 0 Å². The first kappa shape index (κ1) is 14.9. The Labute approximate surface area is 108 Å². The molecule has 1 rings (SSSR count). The molecule has 0 aromatic heterocycles. The van der Waals surface area contributed by atoms with Crippen LogP contribution in [0.1, 0.15) is 20.8 Å². The van der Waals surface area contributed by atoms with Gasteiger partial charge in [-0.15, -0.1) is 0 Å². The van der Waals surface area contributed by atoms with Gasteiger partial charge in [-0.2, -0.15) is 0 Å². The number of nitrogens with zero attached hydrogens (tertiary/aromatic N) is 1. The van der Waals surface area contributed by atoms with Gasteiger partial charge >= 0.3 is 0 Å². The van der Waals surface area contributed by atoms with E-state index in [1.54, 1.807) is 0 Å². The lowest BCUT2D eigenvalue weighted by Gasteiger charge is -2.27. The Morgan fingerprint density at radius 1 is 1.50 bits per heavy atom. The Hall–Kier alpha value is -1.14. The summed E-state index contributed by atoms with van der Waals surface area (Å²) in [7, 11) is 0. The molecule has 6 nitrogen and oxygen atoms in total. The van der Waals surface area contributed by atoms with Crippen LogP contribution in [0.5, 0.6) is 0 Å². The predicted molar refractivity (Wildman–Crippen MR) is 70.2 cm³/mol. The van der Waals surface area contributed by atoms with Gasteiger partial charge in [-0.1, -0.05) is 13.8 Å².